The molecule has 7 nitrogen and oxygen atoms in total. The van der Waals surface area contributed by atoms with Crippen molar-refractivity contribution >= 4 is 23.1 Å². The molecule has 0 atom stereocenters. The summed E-state index contributed by atoms with van der Waals surface area (Å²) in [6.07, 6.45) is 1.36. The summed E-state index contributed by atoms with van der Waals surface area (Å²) < 4.78 is 1.76. The van der Waals surface area contributed by atoms with E-state index >= 15 is 0 Å². The molecule has 1 aromatic carbocycles. The van der Waals surface area contributed by atoms with Gasteiger partial charge in [0.25, 0.3) is 0 Å². The molecule has 2 N–H and O–H groups in total. The Bertz CT molecular complexity index is 883. The summed E-state index contributed by atoms with van der Waals surface area (Å²) in [7, 11) is 0. The average Bonchev–Trinajstić information content (AvgIpc) is 2.96. The molecule has 1 amide bonds. The maximum Gasteiger partial charge on any atom is 0.224 e. The summed E-state index contributed by atoms with van der Waals surface area (Å²) in [5.41, 5.74) is 3.60. The van der Waals surface area contributed by atoms with Crippen LogP contribution in [0.2, 0.25) is 0 Å². The van der Waals surface area contributed by atoms with E-state index in [0.717, 1.165) is 29.2 Å². The third-order valence-electron chi connectivity index (χ3n) is 3.80. The highest BCUT2D eigenvalue weighted by Crippen LogP contribution is 2.18. The van der Waals surface area contributed by atoms with E-state index in [1.54, 1.807) is 4.68 Å². The number of hydrogen-bond donors (Lipinski definition) is 2. The lowest BCUT2D eigenvalue weighted by Crippen LogP contribution is -2.10. The minimum absolute atomic E-state index is 0.0267. The van der Waals surface area contributed by atoms with Gasteiger partial charge in [-0.05, 0) is 62.7 Å². The van der Waals surface area contributed by atoms with Gasteiger partial charge in [0.15, 0.2) is 11.6 Å². The monoisotopic (exact) mass is 350 g/mol. The van der Waals surface area contributed by atoms with Gasteiger partial charge >= 0.3 is 0 Å². The molecule has 0 fully saturated rings. The second-order valence-electron chi connectivity index (χ2n) is 6.12. The number of anilines is 3. The Balaban J connectivity index is 1.65. The second kappa shape index (κ2) is 7.77. The highest BCUT2D eigenvalue weighted by Gasteiger charge is 2.06. The number of nitrogens with zero attached hydrogens (tertiary/aromatic N) is 4. The highest BCUT2D eigenvalue weighted by atomic mass is 16.1. The number of rotatable bonds is 6. The van der Waals surface area contributed by atoms with Gasteiger partial charge in [0.1, 0.15) is 0 Å². The minimum Gasteiger partial charge on any atom is -0.339 e. The number of aromatic nitrogens is 4. The minimum atomic E-state index is 0.0267. The van der Waals surface area contributed by atoms with E-state index in [1.165, 1.54) is 0 Å². The third kappa shape index (κ3) is 4.24. The summed E-state index contributed by atoms with van der Waals surface area (Å²) in [5, 5.41) is 18.9. The fourth-order valence-corrected chi connectivity index (χ4v) is 2.60. The zero-order chi connectivity index (χ0) is 18.5. The van der Waals surface area contributed by atoms with E-state index in [0.29, 0.717) is 18.1 Å². The van der Waals surface area contributed by atoms with E-state index in [2.05, 4.69) is 25.9 Å². The van der Waals surface area contributed by atoms with Crippen LogP contribution in [0.1, 0.15) is 31.2 Å². The maximum atomic E-state index is 11.6. The first-order chi connectivity index (χ1) is 12.5. The molecule has 0 aliphatic heterocycles. The Hall–Kier alpha value is -3.22. The summed E-state index contributed by atoms with van der Waals surface area (Å²) >= 11 is 0. The molecule has 26 heavy (non-hydrogen) atoms. The van der Waals surface area contributed by atoms with Crippen LogP contribution in [0.4, 0.5) is 17.2 Å². The first kappa shape index (κ1) is 17.6. The highest BCUT2D eigenvalue weighted by molar-refractivity contribution is 5.90. The predicted molar refractivity (Wildman–Crippen MR) is 102 cm³/mol. The topological polar surface area (TPSA) is 84.7 Å². The van der Waals surface area contributed by atoms with E-state index in [-0.39, 0.29) is 5.91 Å². The standard InChI is InChI=1S/C19H22N6O/c1-4-5-19(26)21-16-8-6-15(7-9-16)20-17-10-11-18(23-22-17)25-14(3)12-13(2)24-25/h6-12H,4-5H2,1-3H3,(H,20,22)(H,21,26). The van der Waals surface area contributed by atoms with Gasteiger partial charge in [-0.25, -0.2) is 4.68 Å². The first-order valence-electron chi connectivity index (χ1n) is 8.59. The number of nitrogens with one attached hydrogen (secondary N) is 2. The molecule has 0 spiro atoms. The lowest BCUT2D eigenvalue weighted by molar-refractivity contribution is -0.116. The van der Waals surface area contributed by atoms with Crippen molar-refractivity contribution in [1.82, 2.24) is 20.0 Å². The van der Waals surface area contributed by atoms with E-state index in [4.69, 9.17) is 0 Å². The first-order valence-corrected chi connectivity index (χ1v) is 8.59. The lowest BCUT2D eigenvalue weighted by atomic mass is 10.2. The summed E-state index contributed by atoms with van der Waals surface area (Å²) in [5.74, 6) is 1.34. The molecule has 7 heteroatoms. The van der Waals surface area contributed by atoms with Crippen molar-refractivity contribution in [1.29, 1.82) is 0 Å². The molecule has 2 heterocycles. The Kier molecular flexibility index (Phi) is 5.26. The average molecular weight is 350 g/mol. The predicted octanol–water partition coefficient (Wildman–Crippen LogP) is 3.76. The zero-order valence-corrected chi connectivity index (χ0v) is 15.2. The van der Waals surface area contributed by atoms with Gasteiger partial charge in [0.05, 0.1) is 5.69 Å². The van der Waals surface area contributed by atoms with Crippen LogP contribution in [-0.4, -0.2) is 25.9 Å². The van der Waals surface area contributed by atoms with Gasteiger partial charge in [-0.1, -0.05) is 6.92 Å². The smallest absolute Gasteiger partial charge is 0.224 e. The number of aryl methyl sites for hydroxylation is 2. The fourth-order valence-electron chi connectivity index (χ4n) is 2.60. The normalized spacial score (nSPS) is 10.6. The fraction of sp³-hybridized carbons (Fsp3) is 0.263. The van der Waals surface area contributed by atoms with Crippen molar-refractivity contribution in [3.8, 4) is 5.82 Å². The van der Waals surface area contributed by atoms with Crippen molar-refractivity contribution in [2.45, 2.75) is 33.6 Å². The van der Waals surface area contributed by atoms with Crippen molar-refractivity contribution in [2.75, 3.05) is 10.6 Å². The molecule has 3 aromatic rings. The molecule has 0 saturated heterocycles. The number of hydrogen-bond acceptors (Lipinski definition) is 5. The van der Waals surface area contributed by atoms with Crippen LogP contribution < -0.4 is 10.6 Å². The molecule has 0 radical (unpaired) electrons. The number of carbonyl (C=O) groups is 1. The van der Waals surface area contributed by atoms with E-state index in [9.17, 15) is 4.79 Å². The largest absolute Gasteiger partial charge is 0.339 e. The van der Waals surface area contributed by atoms with Gasteiger partial charge < -0.3 is 10.6 Å². The number of amides is 1. The van der Waals surface area contributed by atoms with Gasteiger partial charge in [-0.2, -0.15) is 5.10 Å². The van der Waals surface area contributed by atoms with Crippen LogP contribution in [0.5, 0.6) is 0 Å². The quantitative estimate of drug-likeness (QED) is 0.707. The van der Waals surface area contributed by atoms with Crippen LogP contribution in [-0.2, 0) is 4.79 Å². The SMILES string of the molecule is CCCC(=O)Nc1ccc(Nc2ccc(-n3nc(C)cc3C)nn2)cc1. The van der Waals surface area contributed by atoms with Gasteiger partial charge in [0, 0.05) is 23.5 Å². The Morgan fingerprint density at radius 1 is 1.04 bits per heavy atom. The Morgan fingerprint density at radius 2 is 1.77 bits per heavy atom. The maximum absolute atomic E-state index is 11.6. The summed E-state index contributed by atoms with van der Waals surface area (Å²) in [4.78, 5) is 11.6. The number of benzene rings is 1. The molecule has 0 bridgehead atoms. The Labute approximate surface area is 152 Å². The lowest BCUT2D eigenvalue weighted by Gasteiger charge is -2.08. The van der Waals surface area contributed by atoms with Crippen LogP contribution in [0, 0.1) is 13.8 Å². The van der Waals surface area contributed by atoms with E-state index in [1.807, 2.05) is 63.2 Å². The van der Waals surface area contributed by atoms with Gasteiger partial charge in [0.2, 0.25) is 5.91 Å². The van der Waals surface area contributed by atoms with Crippen molar-refractivity contribution in [3.63, 3.8) is 0 Å². The summed E-state index contributed by atoms with van der Waals surface area (Å²) in [6, 6.07) is 13.2. The second-order valence-corrected chi connectivity index (χ2v) is 6.12. The molecule has 0 aliphatic carbocycles. The van der Waals surface area contributed by atoms with Crippen molar-refractivity contribution < 1.29 is 4.79 Å². The van der Waals surface area contributed by atoms with E-state index < -0.39 is 0 Å². The van der Waals surface area contributed by atoms with Crippen LogP contribution >= 0.6 is 0 Å². The molecule has 0 aliphatic rings. The summed E-state index contributed by atoms with van der Waals surface area (Å²) in [6.45, 7) is 5.91. The molecule has 0 saturated carbocycles. The molecule has 2 aromatic heterocycles. The molecule has 134 valence electrons. The molecular weight excluding hydrogens is 328 g/mol. The molecule has 0 unspecified atom stereocenters. The van der Waals surface area contributed by atoms with Gasteiger partial charge in [-0.3, -0.25) is 4.79 Å². The van der Waals surface area contributed by atoms with Crippen LogP contribution in [0.25, 0.3) is 5.82 Å². The Morgan fingerprint density at radius 3 is 2.35 bits per heavy atom. The number of carbonyl (C=O) groups excluding carboxylic acids is 1. The third-order valence-corrected chi connectivity index (χ3v) is 3.80. The van der Waals surface area contributed by atoms with Crippen molar-refractivity contribution in [2.24, 2.45) is 0 Å². The van der Waals surface area contributed by atoms with Crippen molar-refractivity contribution in [3.05, 3.63) is 53.9 Å². The van der Waals surface area contributed by atoms with Gasteiger partial charge in [-0.15, -0.1) is 10.2 Å². The van der Waals surface area contributed by atoms with Crippen LogP contribution in [0.15, 0.2) is 42.5 Å². The zero-order valence-electron chi connectivity index (χ0n) is 15.2. The van der Waals surface area contributed by atoms with Crippen LogP contribution in [0.3, 0.4) is 0 Å². The molecule has 3 rings (SSSR count). The molecular formula is C19H22N6O.